The summed E-state index contributed by atoms with van der Waals surface area (Å²) in [6.45, 7) is 11.0. The maximum atomic E-state index is 6.09. The van der Waals surface area contributed by atoms with Crippen molar-refractivity contribution in [2.45, 2.75) is 46.8 Å². The Kier molecular flexibility index (Phi) is 5.91. The lowest BCUT2D eigenvalue weighted by molar-refractivity contribution is 0.231. The number of hydrogen-bond acceptors (Lipinski definition) is 3. The van der Waals surface area contributed by atoms with Gasteiger partial charge in [0.2, 0.25) is 0 Å². The smallest absolute Gasteiger partial charge is 0.125 e. The third kappa shape index (κ3) is 5.20. The van der Waals surface area contributed by atoms with E-state index in [1.165, 1.54) is 11.1 Å². The van der Waals surface area contributed by atoms with Crippen LogP contribution in [0.5, 0.6) is 11.5 Å². The molecule has 1 unspecified atom stereocenters. The highest BCUT2D eigenvalue weighted by molar-refractivity contribution is 5.46. The lowest BCUT2D eigenvalue weighted by Gasteiger charge is -2.19. The second kappa shape index (κ2) is 7.91. The summed E-state index contributed by atoms with van der Waals surface area (Å²) in [5.41, 5.74) is 3.41. The van der Waals surface area contributed by atoms with Gasteiger partial charge in [-0.25, -0.2) is 0 Å². The van der Waals surface area contributed by atoms with Gasteiger partial charge in [0.05, 0.1) is 12.6 Å². The largest absolute Gasteiger partial charge is 0.491 e. The van der Waals surface area contributed by atoms with Gasteiger partial charge in [-0.3, -0.25) is 0 Å². The molecule has 3 heteroatoms. The van der Waals surface area contributed by atoms with Crippen LogP contribution in [0.4, 0.5) is 5.69 Å². The first-order valence-corrected chi connectivity index (χ1v) is 8.19. The fourth-order valence-corrected chi connectivity index (χ4v) is 2.41. The normalized spacial score (nSPS) is 12.1. The van der Waals surface area contributed by atoms with Gasteiger partial charge in [0.1, 0.15) is 17.6 Å². The molecule has 2 aromatic carbocycles. The van der Waals surface area contributed by atoms with E-state index in [2.05, 4.69) is 44.3 Å². The minimum absolute atomic E-state index is 0.0846. The van der Waals surface area contributed by atoms with Crippen molar-refractivity contribution in [1.29, 1.82) is 0 Å². The molecule has 0 aliphatic heterocycles. The first kappa shape index (κ1) is 17.2. The average Bonchev–Trinajstić information content (AvgIpc) is 2.50. The minimum atomic E-state index is 0.0846. The molecule has 2 aromatic rings. The Morgan fingerprint density at radius 2 is 1.48 bits per heavy atom. The van der Waals surface area contributed by atoms with Gasteiger partial charge in [-0.1, -0.05) is 18.2 Å². The average molecular weight is 313 g/mol. The molecule has 0 bridgehead atoms. The molecule has 1 N–H and O–H groups in total. The zero-order chi connectivity index (χ0) is 16.8. The van der Waals surface area contributed by atoms with Crippen molar-refractivity contribution in [3.8, 4) is 11.5 Å². The van der Waals surface area contributed by atoms with Gasteiger partial charge >= 0.3 is 0 Å². The van der Waals surface area contributed by atoms with Crippen molar-refractivity contribution in [3.05, 3.63) is 53.6 Å². The molecule has 0 fully saturated rings. The number of anilines is 1. The van der Waals surface area contributed by atoms with E-state index < -0.39 is 0 Å². The molecule has 0 saturated carbocycles. The van der Waals surface area contributed by atoms with Gasteiger partial charge in [0.25, 0.3) is 0 Å². The molecule has 0 saturated heterocycles. The zero-order valence-electron chi connectivity index (χ0n) is 14.7. The fraction of sp³-hybridized carbons (Fsp3) is 0.400. The predicted octanol–water partition coefficient (Wildman–Crippen LogP) is 4.97. The molecular weight excluding hydrogens is 286 g/mol. The molecular formula is C20H27NO2. The molecule has 0 amide bonds. The molecule has 0 radical (unpaired) electrons. The Bertz CT molecular complexity index is 600. The van der Waals surface area contributed by atoms with Crippen LogP contribution in [0.15, 0.2) is 42.5 Å². The summed E-state index contributed by atoms with van der Waals surface area (Å²) in [7, 11) is 0. The SMILES string of the molecule is Cc1cccc(C)c1OC(C)CNc1ccc(OC(C)C)cc1. The van der Waals surface area contributed by atoms with Gasteiger partial charge in [-0.2, -0.15) is 0 Å². The molecule has 0 aliphatic rings. The molecule has 0 aromatic heterocycles. The summed E-state index contributed by atoms with van der Waals surface area (Å²) in [5.74, 6) is 1.88. The fourth-order valence-electron chi connectivity index (χ4n) is 2.41. The van der Waals surface area contributed by atoms with E-state index in [1.807, 2.05) is 38.1 Å². The van der Waals surface area contributed by atoms with Crippen molar-refractivity contribution in [2.75, 3.05) is 11.9 Å². The van der Waals surface area contributed by atoms with Crippen LogP contribution in [0.3, 0.4) is 0 Å². The zero-order valence-corrected chi connectivity index (χ0v) is 14.7. The minimum Gasteiger partial charge on any atom is -0.491 e. The van der Waals surface area contributed by atoms with Crippen molar-refractivity contribution < 1.29 is 9.47 Å². The number of aryl methyl sites for hydroxylation is 2. The Morgan fingerprint density at radius 3 is 2.04 bits per heavy atom. The summed E-state index contributed by atoms with van der Waals surface area (Å²) < 4.78 is 11.7. The van der Waals surface area contributed by atoms with E-state index >= 15 is 0 Å². The van der Waals surface area contributed by atoms with Crippen LogP contribution in [0.1, 0.15) is 31.9 Å². The summed E-state index contributed by atoms with van der Waals surface area (Å²) in [6, 6.07) is 14.2. The van der Waals surface area contributed by atoms with E-state index in [1.54, 1.807) is 0 Å². The van der Waals surface area contributed by atoms with Gasteiger partial charge in [0.15, 0.2) is 0 Å². The highest BCUT2D eigenvalue weighted by Crippen LogP contribution is 2.24. The van der Waals surface area contributed by atoms with Crippen molar-refractivity contribution in [2.24, 2.45) is 0 Å². The van der Waals surface area contributed by atoms with Crippen LogP contribution >= 0.6 is 0 Å². The van der Waals surface area contributed by atoms with Crippen LogP contribution in [0.2, 0.25) is 0 Å². The van der Waals surface area contributed by atoms with Crippen molar-refractivity contribution in [1.82, 2.24) is 0 Å². The molecule has 0 heterocycles. The van der Waals surface area contributed by atoms with Gasteiger partial charge in [-0.15, -0.1) is 0 Å². The third-order valence-corrected chi connectivity index (χ3v) is 3.55. The van der Waals surface area contributed by atoms with Crippen LogP contribution < -0.4 is 14.8 Å². The first-order valence-electron chi connectivity index (χ1n) is 8.19. The molecule has 23 heavy (non-hydrogen) atoms. The number of ether oxygens (including phenoxy) is 2. The highest BCUT2D eigenvalue weighted by atomic mass is 16.5. The van der Waals surface area contributed by atoms with E-state index in [0.717, 1.165) is 23.7 Å². The lowest BCUT2D eigenvalue weighted by atomic mass is 10.1. The second-order valence-corrected chi connectivity index (χ2v) is 6.22. The molecule has 3 nitrogen and oxygen atoms in total. The maximum Gasteiger partial charge on any atom is 0.125 e. The van der Waals surface area contributed by atoms with Crippen LogP contribution in [0, 0.1) is 13.8 Å². The lowest BCUT2D eigenvalue weighted by Crippen LogP contribution is -2.23. The Balaban J connectivity index is 1.88. The Labute approximate surface area is 139 Å². The first-order chi connectivity index (χ1) is 11.0. The van der Waals surface area contributed by atoms with E-state index in [4.69, 9.17) is 9.47 Å². The maximum absolute atomic E-state index is 6.09. The number of para-hydroxylation sites is 1. The third-order valence-electron chi connectivity index (χ3n) is 3.55. The van der Waals surface area contributed by atoms with Gasteiger partial charge in [-0.05, 0) is 70.0 Å². The molecule has 1 atom stereocenters. The predicted molar refractivity (Wildman–Crippen MR) is 96.7 cm³/mol. The molecule has 0 aliphatic carbocycles. The van der Waals surface area contributed by atoms with E-state index in [-0.39, 0.29) is 12.2 Å². The Hall–Kier alpha value is -2.16. The van der Waals surface area contributed by atoms with Crippen molar-refractivity contribution >= 4 is 5.69 Å². The standard InChI is InChI=1S/C20H27NO2/c1-14(2)22-19-11-9-18(10-12-19)21-13-17(5)23-20-15(3)7-6-8-16(20)4/h6-12,14,17,21H,13H2,1-5H3. The van der Waals surface area contributed by atoms with E-state index in [9.17, 15) is 0 Å². The van der Waals surface area contributed by atoms with Crippen LogP contribution in [-0.4, -0.2) is 18.8 Å². The number of rotatable bonds is 7. The number of nitrogens with one attached hydrogen (secondary N) is 1. The summed E-state index contributed by atoms with van der Waals surface area (Å²) in [6.07, 6.45) is 0.279. The number of benzene rings is 2. The van der Waals surface area contributed by atoms with Crippen LogP contribution in [-0.2, 0) is 0 Å². The van der Waals surface area contributed by atoms with Crippen LogP contribution in [0.25, 0.3) is 0 Å². The molecule has 124 valence electrons. The number of hydrogen-bond donors (Lipinski definition) is 1. The van der Waals surface area contributed by atoms with E-state index in [0.29, 0.717) is 0 Å². The summed E-state index contributed by atoms with van der Waals surface area (Å²) in [4.78, 5) is 0. The topological polar surface area (TPSA) is 30.5 Å². The second-order valence-electron chi connectivity index (χ2n) is 6.22. The monoisotopic (exact) mass is 313 g/mol. The summed E-state index contributed by atoms with van der Waals surface area (Å²) >= 11 is 0. The molecule has 0 spiro atoms. The summed E-state index contributed by atoms with van der Waals surface area (Å²) in [5, 5.41) is 3.40. The van der Waals surface area contributed by atoms with Gasteiger partial charge < -0.3 is 14.8 Å². The Morgan fingerprint density at radius 1 is 0.870 bits per heavy atom. The van der Waals surface area contributed by atoms with Gasteiger partial charge in [0, 0.05) is 5.69 Å². The quantitative estimate of drug-likeness (QED) is 0.783. The highest BCUT2D eigenvalue weighted by Gasteiger charge is 2.09. The van der Waals surface area contributed by atoms with Crippen molar-refractivity contribution in [3.63, 3.8) is 0 Å². The molecule has 2 rings (SSSR count).